The van der Waals surface area contributed by atoms with E-state index in [-0.39, 0.29) is 35.7 Å². The highest BCUT2D eigenvalue weighted by molar-refractivity contribution is 7.89. The van der Waals surface area contributed by atoms with Crippen molar-refractivity contribution in [2.24, 2.45) is 5.92 Å². The van der Waals surface area contributed by atoms with Gasteiger partial charge in [-0.1, -0.05) is 42.8 Å². The summed E-state index contributed by atoms with van der Waals surface area (Å²) in [7, 11) is -3.57. The minimum Gasteiger partial charge on any atom is -0.344 e. The number of anilines is 1. The van der Waals surface area contributed by atoms with Gasteiger partial charge in [0.25, 0.3) is 0 Å². The van der Waals surface area contributed by atoms with Crippen LogP contribution < -0.4 is 10.6 Å². The Morgan fingerprint density at radius 1 is 1.06 bits per heavy atom. The fourth-order valence-electron chi connectivity index (χ4n) is 3.81. The third kappa shape index (κ3) is 5.55. The molecule has 8 heteroatoms. The fourth-order valence-corrected chi connectivity index (χ4v) is 5.28. The highest BCUT2D eigenvalue weighted by Gasteiger charge is 2.33. The molecule has 0 spiro atoms. The van der Waals surface area contributed by atoms with Crippen molar-refractivity contribution >= 4 is 27.5 Å². The van der Waals surface area contributed by atoms with Crippen LogP contribution in [0.5, 0.6) is 0 Å². The molecule has 7 nitrogen and oxygen atoms in total. The van der Waals surface area contributed by atoms with Crippen LogP contribution in [0.1, 0.15) is 37.8 Å². The van der Waals surface area contributed by atoms with Crippen LogP contribution in [0.4, 0.5) is 5.69 Å². The molecule has 0 aliphatic carbocycles. The molecule has 1 heterocycles. The minimum absolute atomic E-state index is 0.219. The Hall–Kier alpha value is -2.71. The van der Waals surface area contributed by atoms with Crippen LogP contribution in [0, 0.1) is 12.8 Å². The summed E-state index contributed by atoms with van der Waals surface area (Å²) in [6.07, 6.45) is 1.63. The highest BCUT2D eigenvalue weighted by Crippen LogP contribution is 2.24. The first-order valence-electron chi connectivity index (χ1n) is 11.0. The van der Waals surface area contributed by atoms with E-state index in [9.17, 15) is 18.0 Å². The van der Waals surface area contributed by atoms with E-state index in [0.717, 1.165) is 23.2 Å². The van der Waals surface area contributed by atoms with Gasteiger partial charge in [-0.15, -0.1) is 0 Å². The molecule has 0 aromatic heterocycles. The van der Waals surface area contributed by atoms with Crippen molar-refractivity contribution < 1.29 is 18.0 Å². The summed E-state index contributed by atoms with van der Waals surface area (Å²) in [6.45, 7) is 6.13. The summed E-state index contributed by atoms with van der Waals surface area (Å²) < 4.78 is 27.1. The van der Waals surface area contributed by atoms with Crippen LogP contribution in [-0.2, 0) is 26.0 Å². The number of piperidine rings is 1. The van der Waals surface area contributed by atoms with Gasteiger partial charge < -0.3 is 10.6 Å². The molecule has 172 valence electrons. The second-order valence-corrected chi connectivity index (χ2v) is 10.2. The zero-order valence-corrected chi connectivity index (χ0v) is 19.6. The summed E-state index contributed by atoms with van der Waals surface area (Å²) in [6, 6.07) is 13.7. The number of nitrogens with zero attached hydrogens (tertiary/aromatic N) is 1. The average Bonchev–Trinajstić information content (AvgIpc) is 2.79. The molecule has 1 saturated heterocycles. The first-order chi connectivity index (χ1) is 15.2. The maximum atomic E-state index is 12.8. The number of amides is 2. The van der Waals surface area contributed by atoms with Gasteiger partial charge in [0.2, 0.25) is 21.8 Å². The Balaban J connectivity index is 1.53. The predicted molar refractivity (Wildman–Crippen MR) is 125 cm³/mol. The number of carbonyl (C=O) groups excluding carboxylic acids is 2. The number of para-hydroxylation sites is 1. The molecule has 2 aromatic carbocycles. The molecule has 1 aliphatic rings. The lowest BCUT2D eigenvalue weighted by atomic mass is 9.97. The van der Waals surface area contributed by atoms with Crippen LogP contribution in [0.3, 0.4) is 0 Å². The topological polar surface area (TPSA) is 95.6 Å². The maximum Gasteiger partial charge on any atom is 0.246 e. The van der Waals surface area contributed by atoms with Crippen LogP contribution >= 0.6 is 0 Å². The second kappa shape index (κ2) is 10.3. The Morgan fingerprint density at radius 2 is 1.69 bits per heavy atom. The van der Waals surface area contributed by atoms with E-state index in [1.165, 1.54) is 4.31 Å². The van der Waals surface area contributed by atoms with Gasteiger partial charge in [-0.2, -0.15) is 4.31 Å². The molecule has 2 amide bonds. The largest absolute Gasteiger partial charge is 0.344 e. The van der Waals surface area contributed by atoms with E-state index in [1.54, 1.807) is 31.2 Å². The molecule has 2 aromatic rings. The minimum atomic E-state index is -3.57. The van der Waals surface area contributed by atoms with Crippen molar-refractivity contribution in [1.29, 1.82) is 0 Å². The second-order valence-electron chi connectivity index (χ2n) is 8.22. The summed E-state index contributed by atoms with van der Waals surface area (Å²) in [5.74, 6) is -0.819. The van der Waals surface area contributed by atoms with E-state index in [1.807, 2.05) is 38.1 Å². The van der Waals surface area contributed by atoms with Crippen molar-refractivity contribution in [3.63, 3.8) is 0 Å². The first kappa shape index (κ1) is 23.9. The van der Waals surface area contributed by atoms with Crippen molar-refractivity contribution in [2.75, 3.05) is 18.4 Å². The highest BCUT2D eigenvalue weighted by atomic mass is 32.2. The third-order valence-corrected chi connectivity index (χ3v) is 7.80. The standard InChI is InChI=1S/C24H31N3O4S/c1-4-19-7-5-6-8-22(19)26-23(28)18(3)25-24(29)20-13-15-27(16-14-20)32(30,31)21-11-9-17(2)10-12-21/h5-12,18,20H,4,13-16H2,1-3H3,(H,25,29)(H,26,28). The van der Waals surface area contributed by atoms with E-state index in [2.05, 4.69) is 10.6 Å². The number of hydrogen-bond donors (Lipinski definition) is 2. The molecule has 0 radical (unpaired) electrons. The molecule has 1 unspecified atom stereocenters. The Labute approximate surface area is 190 Å². The van der Waals surface area contributed by atoms with Gasteiger partial charge in [0.1, 0.15) is 6.04 Å². The summed E-state index contributed by atoms with van der Waals surface area (Å²) in [5, 5.41) is 5.66. The van der Waals surface area contributed by atoms with Gasteiger partial charge in [0.15, 0.2) is 0 Å². The monoisotopic (exact) mass is 457 g/mol. The van der Waals surface area contributed by atoms with Crippen molar-refractivity contribution in [2.45, 2.75) is 51.0 Å². The molecule has 0 saturated carbocycles. The van der Waals surface area contributed by atoms with Gasteiger partial charge in [-0.3, -0.25) is 9.59 Å². The van der Waals surface area contributed by atoms with E-state index < -0.39 is 16.1 Å². The fraction of sp³-hybridized carbons (Fsp3) is 0.417. The van der Waals surface area contributed by atoms with Gasteiger partial charge in [-0.05, 0) is 56.9 Å². The quantitative estimate of drug-likeness (QED) is 0.668. The van der Waals surface area contributed by atoms with Crippen molar-refractivity contribution in [3.05, 3.63) is 59.7 Å². The zero-order chi connectivity index (χ0) is 23.3. The Morgan fingerprint density at radius 3 is 2.31 bits per heavy atom. The number of sulfonamides is 1. The lowest BCUT2D eigenvalue weighted by Crippen LogP contribution is -2.47. The van der Waals surface area contributed by atoms with Crippen LogP contribution in [0.2, 0.25) is 0 Å². The van der Waals surface area contributed by atoms with Gasteiger partial charge in [0, 0.05) is 24.7 Å². The van der Waals surface area contributed by atoms with Crippen LogP contribution in [0.25, 0.3) is 0 Å². The smallest absolute Gasteiger partial charge is 0.246 e. The summed E-state index contributed by atoms with van der Waals surface area (Å²) in [4.78, 5) is 25.5. The molecule has 3 rings (SSSR count). The lowest BCUT2D eigenvalue weighted by molar-refractivity contribution is -0.129. The molecular formula is C24H31N3O4S. The Kier molecular flexibility index (Phi) is 7.69. The zero-order valence-electron chi connectivity index (χ0n) is 18.8. The number of carbonyl (C=O) groups is 2. The number of hydrogen-bond acceptors (Lipinski definition) is 4. The SMILES string of the molecule is CCc1ccccc1NC(=O)C(C)NC(=O)C1CCN(S(=O)(=O)c2ccc(C)cc2)CC1. The molecule has 1 fully saturated rings. The molecule has 32 heavy (non-hydrogen) atoms. The molecule has 0 bridgehead atoms. The number of benzene rings is 2. The van der Waals surface area contributed by atoms with E-state index in [0.29, 0.717) is 12.8 Å². The van der Waals surface area contributed by atoms with Crippen LogP contribution in [0.15, 0.2) is 53.4 Å². The van der Waals surface area contributed by atoms with Gasteiger partial charge in [-0.25, -0.2) is 8.42 Å². The number of nitrogens with one attached hydrogen (secondary N) is 2. The molecule has 2 N–H and O–H groups in total. The molecular weight excluding hydrogens is 426 g/mol. The maximum absolute atomic E-state index is 12.8. The summed E-state index contributed by atoms with van der Waals surface area (Å²) in [5.41, 5.74) is 2.77. The van der Waals surface area contributed by atoms with E-state index >= 15 is 0 Å². The van der Waals surface area contributed by atoms with Crippen LogP contribution in [-0.4, -0.2) is 43.7 Å². The molecule has 1 aliphatic heterocycles. The number of rotatable bonds is 7. The number of aryl methyl sites for hydroxylation is 2. The summed E-state index contributed by atoms with van der Waals surface area (Å²) >= 11 is 0. The normalized spacial score (nSPS) is 16.3. The van der Waals surface area contributed by atoms with Crippen molar-refractivity contribution in [1.82, 2.24) is 9.62 Å². The average molecular weight is 458 g/mol. The lowest BCUT2D eigenvalue weighted by Gasteiger charge is -2.31. The Bertz CT molecular complexity index is 1060. The van der Waals surface area contributed by atoms with E-state index in [4.69, 9.17) is 0 Å². The van der Waals surface area contributed by atoms with Crippen molar-refractivity contribution in [3.8, 4) is 0 Å². The van der Waals surface area contributed by atoms with Gasteiger partial charge in [0.05, 0.1) is 4.90 Å². The molecule has 1 atom stereocenters. The first-order valence-corrected chi connectivity index (χ1v) is 12.4. The predicted octanol–water partition coefficient (Wildman–Crippen LogP) is 3.10. The van der Waals surface area contributed by atoms with Gasteiger partial charge >= 0.3 is 0 Å². The third-order valence-electron chi connectivity index (χ3n) is 5.89.